The molecule has 0 radical (unpaired) electrons. The Morgan fingerprint density at radius 2 is 1.76 bits per heavy atom. The number of nitrogens with one attached hydrogen (secondary N) is 1. The molecule has 1 heterocycles. The molecule has 0 fully saturated rings. The van der Waals surface area contributed by atoms with E-state index in [1.165, 1.54) is 4.90 Å². The molecule has 0 spiro atoms. The third kappa shape index (κ3) is 5.63. The second-order valence-electron chi connectivity index (χ2n) is 7.62. The van der Waals surface area contributed by atoms with Crippen LogP contribution in [0.1, 0.15) is 50.9 Å². The van der Waals surface area contributed by atoms with Crippen LogP contribution in [-0.2, 0) is 9.59 Å². The normalized spacial score (nSPS) is 14.8. The summed E-state index contributed by atoms with van der Waals surface area (Å²) < 4.78 is 16.8. The number of hydrogen-bond acceptors (Lipinski definition) is 6. The van der Waals surface area contributed by atoms with Gasteiger partial charge in [0, 0.05) is 23.7 Å². The quantitative estimate of drug-likeness (QED) is 0.540. The van der Waals surface area contributed by atoms with Gasteiger partial charge in [0.05, 0.1) is 18.9 Å². The van der Waals surface area contributed by atoms with E-state index in [0.29, 0.717) is 53.8 Å². The van der Waals surface area contributed by atoms with Crippen molar-refractivity contribution in [2.24, 2.45) is 0 Å². The van der Waals surface area contributed by atoms with E-state index in [1.54, 1.807) is 43.3 Å². The van der Waals surface area contributed by atoms with Crippen LogP contribution in [0.5, 0.6) is 17.2 Å². The molecule has 2 aromatic rings. The van der Waals surface area contributed by atoms with Crippen LogP contribution in [0, 0.1) is 0 Å². The van der Waals surface area contributed by atoms with Gasteiger partial charge in [0.2, 0.25) is 5.91 Å². The predicted molar refractivity (Wildman–Crippen MR) is 126 cm³/mol. The molecular weight excluding hydrogens is 424 g/mol. The average Bonchev–Trinajstić information content (AvgIpc) is 2.79. The fourth-order valence-corrected chi connectivity index (χ4v) is 3.59. The van der Waals surface area contributed by atoms with Crippen LogP contribution in [0.2, 0.25) is 0 Å². The average molecular weight is 455 g/mol. The minimum absolute atomic E-state index is 0.0198. The van der Waals surface area contributed by atoms with Crippen molar-refractivity contribution in [3.8, 4) is 17.2 Å². The number of fused-ring (bicyclic) bond motifs is 1. The molecule has 1 atom stereocenters. The number of amides is 2. The van der Waals surface area contributed by atoms with Crippen LogP contribution in [-0.4, -0.2) is 43.5 Å². The summed E-state index contributed by atoms with van der Waals surface area (Å²) in [7, 11) is 0. The number of rotatable bonds is 10. The Bertz CT molecular complexity index is 1040. The van der Waals surface area contributed by atoms with Gasteiger partial charge in [0.1, 0.15) is 12.3 Å². The van der Waals surface area contributed by atoms with Crippen molar-refractivity contribution in [3.63, 3.8) is 0 Å². The van der Waals surface area contributed by atoms with Gasteiger partial charge >= 0.3 is 0 Å². The van der Waals surface area contributed by atoms with Crippen LogP contribution in [0.25, 0.3) is 0 Å². The first-order chi connectivity index (χ1) is 15.9. The highest BCUT2D eigenvalue weighted by atomic mass is 16.5. The van der Waals surface area contributed by atoms with Gasteiger partial charge in [-0.2, -0.15) is 0 Å². The number of anilines is 2. The van der Waals surface area contributed by atoms with Crippen molar-refractivity contribution in [1.29, 1.82) is 0 Å². The number of ether oxygens (including phenoxy) is 3. The number of benzene rings is 2. The van der Waals surface area contributed by atoms with E-state index < -0.39 is 6.10 Å². The zero-order valence-corrected chi connectivity index (χ0v) is 19.5. The summed E-state index contributed by atoms with van der Waals surface area (Å²) in [6.45, 7) is 8.03. The molecule has 0 aromatic heterocycles. The maximum Gasteiger partial charge on any atom is 0.268 e. The van der Waals surface area contributed by atoms with Gasteiger partial charge in [-0.25, -0.2) is 0 Å². The first-order valence-corrected chi connectivity index (χ1v) is 11.2. The molecule has 0 saturated heterocycles. The number of nitrogens with zero attached hydrogens (tertiary/aromatic N) is 1. The summed E-state index contributed by atoms with van der Waals surface area (Å²) in [5.41, 5.74) is 1.42. The molecule has 1 aliphatic rings. The third-order valence-electron chi connectivity index (χ3n) is 5.10. The fraction of sp³-hybridized carbons (Fsp3) is 0.400. The van der Waals surface area contributed by atoms with Gasteiger partial charge < -0.3 is 19.5 Å². The molecule has 8 nitrogen and oxygen atoms in total. The Morgan fingerprint density at radius 3 is 2.45 bits per heavy atom. The molecule has 0 aliphatic carbocycles. The number of carbonyl (C=O) groups is 3. The van der Waals surface area contributed by atoms with Crippen LogP contribution in [0.4, 0.5) is 11.4 Å². The van der Waals surface area contributed by atoms with Gasteiger partial charge in [-0.1, -0.05) is 6.92 Å². The molecular formula is C25H30N2O6. The lowest BCUT2D eigenvalue weighted by molar-refractivity contribution is -0.127. The van der Waals surface area contributed by atoms with E-state index in [9.17, 15) is 14.4 Å². The van der Waals surface area contributed by atoms with Crippen molar-refractivity contribution in [2.75, 3.05) is 30.0 Å². The largest absolute Gasteiger partial charge is 0.490 e. The van der Waals surface area contributed by atoms with Crippen molar-refractivity contribution in [1.82, 2.24) is 0 Å². The highest BCUT2D eigenvalue weighted by molar-refractivity contribution is 6.07. The Labute approximate surface area is 193 Å². The maximum atomic E-state index is 12.9. The van der Waals surface area contributed by atoms with Gasteiger partial charge in [-0.05, 0) is 57.5 Å². The van der Waals surface area contributed by atoms with E-state index in [2.05, 4.69) is 5.32 Å². The lowest BCUT2D eigenvalue weighted by atomic mass is 10.0. The summed E-state index contributed by atoms with van der Waals surface area (Å²) in [6.07, 6.45) is 0.391. The van der Waals surface area contributed by atoms with Gasteiger partial charge in [-0.15, -0.1) is 0 Å². The maximum absolute atomic E-state index is 12.9. The van der Waals surface area contributed by atoms with Crippen molar-refractivity contribution < 1.29 is 28.6 Å². The summed E-state index contributed by atoms with van der Waals surface area (Å²) in [6, 6.07) is 10.1. The highest BCUT2D eigenvalue weighted by Gasteiger charge is 2.33. The second-order valence-corrected chi connectivity index (χ2v) is 7.62. The second kappa shape index (κ2) is 10.8. The topological polar surface area (TPSA) is 94.2 Å². The van der Waals surface area contributed by atoms with Crippen LogP contribution in [0.3, 0.4) is 0 Å². The molecule has 8 heteroatoms. The molecule has 3 rings (SSSR count). The van der Waals surface area contributed by atoms with Crippen LogP contribution >= 0.6 is 0 Å². The number of hydrogen-bond donors (Lipinski definition) is 1. The van der Waals surface area contributed by atoms with Crippen molar-refractivity contribution in [2.45, 2.75) is 46.6 Å². The molecule has 1 N–H and O–H groups in total. The third-order valence-corrected chi connectivity index (χ3v) is 5.10. The Kier molecular flexibility index (Phi) is 7.92. The van der Waals surface area contributed by atoms with Gasteiger partial charge in [-0.3, -0.25) is 19.3 Å². The molecule has 1 aliphatic heterocycles. The van der Waals surface area contributed by atoms with Crippen molar-refractivity contribution >= 4 is 29.0 Å². The zero-order valence-electron chi connectivity index (χ0n) is 19.5. The molecule has 2 aromatic carbocycles. The van der Waals surface area contributed by atoms with E-state index in [4.69, 9.17) is 14.2 Å². The first kappa shape index (κ1) is 24.1. The Hall–Kier alpha value is -3.55. The van der Waals surface area contributed by atoms with E-state index in [-0.39, 0.29) is 24.1 Å². The molecule has 0 bridgehead atoms. The standard InChI is InChI=1S/C25H30N2O6/c1-5-8-20(28)17-9-11-21-19(13-17)27(25(30)16(4)33-21)15-24(29)26-18-10-12-22(31-6-2)23(14-18)32-7-3/h9-14,16H,5-8,15H2,1-4H3,(H,26,29). The summed E-state index contributed by atoms with van der Waals surface area (Å²) in [5.74, 6) is 0.821. The van der Waals surface area contributed by atoms with Gasteiger partial charge in [0.25, 0.3) is 5.91 Å². The minimum Gasteiger partial charge on any atom is -0.490 e. The molecule has 0 saturated carbocycles. The molecule has 1 unspecified atom stereocenters. The van der Waals surface area contributed by atoms with Crippen LogP contribution in [0.15, 0.2) is 36.4 Å². The Balaban J connectivity index is 1.82. The smallest absolute Gasteiger partial charge is 0.268 e. The monoisotopic (exact) mass is 454 g/mol. The summed E-state index contributed by atoms with van der Waals surface area (Å²) >= 11 is 0. The molecule has 33 heavy (non-hydrogen) atoms. The van der Waals surface area contributed by atoms with E-state index >= 15 is 0 Å². The summed E-state index contributed by atoms with van der Waals surface area (Å²) in [4.78, 5) is 39.4. The van der Waals surface area contributed by atoms with Gasteiger partial charge in [0.15, 0.2) is 23.4 Å². The fourth-order valence-electron chi connectivity index (χ4n) is 3.59. The number of Topliss-reactive ketones (excluding diaryl/α,β-unsaturated/α-hetero) is 1. The van der Waals surface area contributed by atoms with Crippen molar-refractivity contribution in [3.05, 3.63) is 42.0 Å². The lowest BCUT2D eigenvalue weighted by Gasteiger charge is -2.32. The van der Waals surface area contributed by atoms with E-state index in [0.717, 1.165) is 6.42 Å². The lowest BCUT2D eigenvalue weighted by Crippen LogP contribution is -2.47. The predicted octanol–water partition coefficient (Wildman–Crippen LogP) is 4.22. The zero-order chi connectivity index (χ0) is 24.0. The SMILES string of the molecule is CCCC(=O)c1ccc2c(c1)N(CC(=O)Nc1ccc(OCC)c(OCC)c1)C(=O)C(C)O2. The first-order valence-electron chi connectivity index (χ1n) is 11.2. The minimum atomic E-state index is -0.738. The number of carbonyl (C=O) groups excluding carboxylic acids is 3. The van der Waals surface area contributed by atoms with Crippen LogP contribution < -0.4 is 24.4 Å². The molecule has 176 valence electrons. The summed E-state index contributed by atoms with van der Waals surface area (Å²) in [5, 5.41) is 2.81. The van der Waals surface area contributed by atoms with E-state index in [1.807, 2.05) is 20.8 Å². The Morgan fingerprint density at radius 1 is 1.03 bits per heavy atom. The number of ketones is 1. The highest BCUT2D eigenvalue weighted by Crippen LogP contribution is 2.35. The molecule has 2 amide bonds.